The number of hydrogen-bond acceptors (Lipinski definition) is 5. The van der Waals surface area contributed by atoms with E-state index in [1.165, 1.54) is 12.1 Å². The van der Waals surface area contributed by atoms with Crippen LogP contribution in [0.15, 0.2) is 23.1 Å². The number of nitro benzene ring substituents is 1. The molecule has 130 valence electrons. The first kappa shape index (κ1) is 19.8. The van der Waals surface area contributed by atoms with Crippen LogP contribution in [-0.2, 0) is 10.0 Å². The molecule has 23 heavy (non-hydrogen) atoms. The topological polar surface area (TPSA) is 101 Å². The molecule has 2 rings (SSSR count). The molecule has 0 aliphatic carbocycles. The highest BCUT2D eigenvalue weighted by molar-refractivity contribution is 7.89. The van der Waals surface area contributed by atoms with Gasteiger partial charge in [-0.3, -0.25) is 10.1 Å². The van der Waals surface area contributed by atoms with Crippen molar-refractivity contribution in [1.82, 2.24) is 10.0 Å². The first-order valence-corrected chi connectivity index (χ1v) is 8.68. The van der Waals surface area contributed by atoms with Crippen LogP contribution in [0.2, 0.25) is 0 Å². The Kier molecular flexibility index (Phi) is 6.52. The Labute approximate surface area is 142 Å². The highest BCUT2D eigenvalue weighted by atomic mass is 35.5. The van der Waals surface area contributed by atoms with Crippen molar-refractivity contribution in [1.29, 1.82) is 0 Å². The number of halogens is 1. The zero-order valence-corrected chi connectivity index (χ0v) is 14.8. The van der Waals surface area contributed by atoms with Crippen LogP contribution in [0.5, 0.6) is 0 Å². The molecule has 7 nitrogen and oxygen atoms in total. The molecule has 0 amide bonds. The maximum atomic E-state index is 12.5. The Morgan fingerprint density at radius 2 is 2.13 bits per heavy atom. The quantitative estimate of drug-likeness (QED) is 0.615. The summed E-state index contributed by atoms with van der Waals surface area (Å²) in [7, 11) is -3.92. The highest BCUT2D eigenvalue weighted by Crippen LogP contribution is 2.29. The van der Waals surface area contributed by atoms with E-state index in [9.17, 15) is 18.5 Å². The van der Waals surface area contributed by atoms with Gasteiger partial charge < -0.3 is 5.32 Å². The first-order valence-electron chi connectivity index (χ1n) is 7.20. The molecule has 1 unspecified atom stereocenters. The van der Waals surface area contributed by atoms with Gasteiger partial charge in [0.15, 0.2) is 4.90 Å². The van der Waals surface area contributed by atoms with Crippen LogP contribution in [0.1, 0.15) is 25.3 Å². The van der Waals surface area contributed by atoms with Gasteiger partial charge in [-0.1, -0.05) is 19.1 Å². The molecule has 9 heteroatoms. The van der Waals surface area contributed by atoms with Gasteiger partial charge in [-0.15, -0.1) is 12.4 Å². The molecule has 1 atom stereocenters. The number of nitrogens with zero attached hydrogens (tertiary/aromatic N) is 1. The van der Waals surface area contributed by atoms with Crippen molar-refractivity contribution in [2.75, 3.05) is 19.6 Å². The smallest absolute Gasteiger partial charge is 0.289 e. The number of hydrogen-bond donors (Lipinski definition) is 2. The van der Waals surface area contributed by atoms with Gasteiger partial charge >= 0.3 is 0 Å². The minimum Gasteiger partial charge on any atom is -0.316 e. The molecule has 1 aliphatic rings. The molecule has 1 fully saturated rings. The fourth-order valence-corrected chi connectivity index (χ4v) is 4.33. The molecule has 1 aliphatic heterocycles. The number of benzene rings is 1. The molecule has 1 saturated heterocycles. The van der Waals surface area contributed by atoms with E-state index in [2.05, 4.69) is 10.0 Å². The van der Waals surface area contributed by atoms with E-state index < -0.39 is 14.9 Å². The third kappa shape index (κ3) is 4.63. The van der Waals surface area contributed by atoms with Gasteiger partial charge in [-0.25, -0.2) is 13.1 Å². The summed E-state index contributed by atoms with van der Waals surface area (Å²) in [6.45, 7) is 5.49. The van der Waals surface area contributed by atoms with E-state index in [0.29, 0.717) is 5.56 Å². The summed E-state index contributed by atoms with van der Waals surface area (Å²) in [5.41, 5.74) is -0.198. The van der Waals surface area contributed by atoms with Crippen molar-refractivity contribution >= 4 is 28.1 Å². The Morgan fingerprint density at radius 1 is 1.43 bits per heavy atom. The zero-order valence-electron chi connectivity index (χ0n) is 13.2. The summed E-state index contributed by atoms with van der Waals surface area (Å²) in [6.07, 6.45) is 1.90. The third-order valence-corrected chi connectivity index (χ3v) is 5.62. The zero-order chi connectivity index (χ0) is 16.4. The number of rotatable bonds is 5. The second-order valence-corrected chi connectivity index (χ2v) is 7.80. The average molecular weight is 364 g/mol. The summed E-state index contributed by atoms with van der Waals surface area (Å²) < 4.78 is 27.6. The van der Waals surface area contributed by atoms with Crippen molar-refractivity contribution in [3.63, 3.8) is 0 Å². The van der Waals surface area contributed by atoms with Crippen LogP contribution in [0.25, 0.3) is 0 Å². The minimum absolute atomic E-state index is 0. The summed E-state index contributed by atoms with van der Waals surface area (Å²) in [6, 6.07) is 4.26. The van der Waals surface area contributed by atoms with Crippen molar-refractivity contribution in [3.8, 4) is 0 Å². The average Bonchev–Trinajstić information content (AvgIpc) is 2.46. The van der Waals surface area contributed by atoms with E-state index in [0.717, 1.165) is 25.9 Å². The van der Waals surface area contributed by atoms with E-state index in [-0.39, 0.29) is 34.9 Å². The van der Waals surface area contributed by atoms with Crippen molar-refractivity contribution in [2.24, 2.45) is 5.41 Å². The standard InChI is InChI=1S/C14H21N3O4S.ClH/c1-11-5-3-6-12(17(18)19)13(11)22(20,21)16-10-14(2)7-4-8-15-9-14;/h3,5-6,15-16H,4,7-10H2,1-2H3;1H. The molecular weight excluding hydrogens is 342 g/mol. The molecule has 0 bridgehead atoms. The van der Waals surface area contributed by atoms with Crippen LogP contribution in [-0.4, -0.2) is 33.0 Å². The minimum atomic E-state index is -3.92. The number of sulfonamides is 1. The Hall–Kier alpha value is -1.22. The lowest BCUT2D eigenvalue weighted by atomic mass is 9.83. The SMILES string of the molecule is Cc1cccc([N+](=O)[O-])c1S(=O)(=O)NCC1(C)CCCNC1.Cl. The van der Waals surface area contributed by atoms with Crippen molar-refractivity contribution in [3.05, 3.63) is 33.9 Å². The molecular formula is C14H22ClN3O4S. The fourth-order valence-electron chi connectivity index (χ4n) is 2.74. The van der Waals surface area contributed by atoms with Gasteiger partial charge in [0.1, 0.15) is 0 Å². The van der Waals surface area contributed by atoms with Crippen molar-refractivity contribution in [2.45, 2.75) is 31.6 Å². The van der Waals surface area contributed by atoms with Gasteiger partial charge in [-0.05, 0) is 37.3 Å². The molecule has 1 aromatic rings. The lowest BCUT2D eigenvalue weighted by molar-refractivity contribution is -0.387. The van der Waals surface area contributed by atoms with E-state index in [1.54, 1.807) is 13.0 Å². The molecule has 2 N–H and O–H groups in total. The highest BCUT2D eigenvalue weighted by Gasteiger charge is 2.32. The maximum absolute atomic E-state index is 12.5. The number of nitro groups is 1. The molecule has 0 aromatic heterocycles. The summed E-state index contributed by atoms with van der Waals surface area (Å²) in [5.74, 6) is 0. The van der Waals surface area contributed by atoms with E-state index in [1.807, 2.05) is 6.92 Å². The Balaban J connectivity index is 0.00000264. The number of aryl methyl sites for hydroxylation is 1. The van der Waals surface area contributed by atoms with Crippen LogP contribution < -0.4 is 10.0 Å². The fraction of sp³-hybridized carbons (Fsp3) is 0.571. The second kappa shape index (κ2) is 7.57. The maximum Gasteiger partial charge on any atom is 0.289 e. The molecule has 0 spiro atoms. The Bertz CT molecular complexity index is 673. The van der Waals surface area contributed by atoms with Gasteiger partial charge in [-0.2, -0.15) is 0 Å². The van der Waals surface area contributed by atoms with Gasteiger partial charge in [0, 0.05) is 19.2 Å². The van der Waals surface area contributed by atoms with Gasteiger partial charge in [0.2, 0.25) is 10.0 Å². The normalized spacial score (nSPS) is 21.5. The monoisotopic (exact) mass is 363 g/mol. The molecule has 0 saturated carbocycles. The van der Waals surface area contributed by atoms with Crippen molar-refractivity contribution < 1.29 is 13.3 Å². The van der Waals surface area contributed by atoms with Crippen LogP contribution in [0.3, 0.4) is 0 Å². The van der Waals surface area contributed by atoms with Gasteiger partial charge in [0.05, 0.1) is 4.92 Å². The summed E-state index contributed by atoms with van der Waals surface area (Å²) in [5, 5.41) is 14.3. The third-order valence-electron chi connectivity index (χ3n) is 4.03. The van der Waals surface area contributed by atoms with Crippen LogP contribution in [0, 0.1) is 22.5 Å². The summed E-state index contributed by atoms with van der Waals surface area (Å²) >= 11 is 0. The predicted molar refractivity (Wildman–Crippen MR) is 90.5 cm³/mol. The first-order chi connectivity index (χ1) is 10.3. The molecule has 0 radical (unpaired) electrons. The number of nitrogens with one attached hydrogen (secondary N) is 2. The molecule has 1 heterocycles. The summed E-state index contributed by atoms with van der Waals surface area (Å²) in [4.78, 5) is 10.2. The van der Waals surface area contributed by atoms with E-state index >= 15 is 0 Å². The second-order valence-electron chi connectivity index (χ2n) is 6.10. The number of piperidine rings is 1. The predicted octanol–water partition coefficient (Wildman–Crippen LogP) is 1.99. The lowest BCUT2D eigenvalue weighted by Gasteiger charge is -2.34. The van der Waals surface area contributed by atoms with Gasteiger partial charge in [0.25, 0.3) is 5.69 Å². The van der Waals surface area contributed by atoms with Crippen LogP contribution >= 0.6 is 12.4 Å². The molecule has 1 aromatic carbocycles. The van der Waals surface area contributed by atoms with E-state index in [4.69, 9.17) is 0 Å². The lowest BCUT2D eigenvalue weighted by Crippen LogP contribution is -2.45. The largest absolute Gasteiger partial charge is 0.316 e. The Morgan fingerprint density at radius 3 is 2.70 bits per heavy atom. The van der Waals surface area contributed by atoms with Crippen LogP contribution in [0.4, 0.5) is 5.69 Å².